The molecule has 1 aromatic carbocycles. The van der Waals surface area contributed by atoms with Crippen molar-refractivity contribution >= 4 is 21.9 Å². The van der Waals surface area contributed by atoms with E-state index in [0.717, 1.165) is 38.5 Å². The molecule has 5 rings (SSSR count). The van der Waals surface area contributed by atoms with Gasteiger partial charge >= 0.3 is 6.03 Å². The van der Waals surface area contributed by atoms with Crippen molar-refractivity contribution in [3.05, 3.63) is 52.1 Å². The normalized spacial score (nSPS) is 29.1. The van der Waals surface area contributed by atoms with Gasteiger partial charge in [0.1, 0.15) is 0 Å². The van der Waals surface area contributed by atoms with Gasteiger partial charge in [-0.05, 0) is 81.2 Å². The van der Waals surface area contributed by atoms with Gasteiger partial charge in [0.25, 0.3) is 5.91 Å². The highest BCUT2D eigenvalue weighted by Gasteiger charge is 2.39. The number of nitrogens with zero attached hydrogens (tertiary/aromatic N) is 1. The maximum Gasteiger partial charge on any atom is 0.351 e. The van der Waals surface area contributed by atoms with Crippen molar-refractivity contribution < 1.29 is 18.9 Å². The maximum atomic E-state index is 13.4. The Kier molecular flexibility index (Phi) is 4.64. The molecular weight excluding hydrogens is 414 g/mol. The lowest BCUT2D eigenvalue weighted by Crippen LogP contribution is -2.42. The molecule has 0 bridgehead atoms. The number of fused-ring (bicyclic) bond motifs is 2. The third kappa shape index (κ3) is 3.42. The summed E-state index contributed by atoms with van der Waals surface area (Å²) in [4.78, 5) is 25.5. The zero-order chi connectivity index (χ0) is 22.0. The molecule has 1 aromatic rings. The molecule has 164 valence electrons. The summed E-state index contributed by atoms with van der Waals surface area (Å²) >= 11 is 0. The van der Waals surface area contributed by atoms with Crippen LogP contribution in [0, 0.1) is 5.92 Å². The van der Waals surface area contributed by atoms with E-state index in [4.69, 9.17) is 0 Å². The highest BCUT2D eigenvalue weighted by Crippen LogP contribution is 2.45. The van der Waals surface area contributed by atoms with E-state index in [1.165, 1.54) is 28.9 Å². The predicted molar refractivity (Wildman–Crippen MR) is 117 cm³/mol. The van der Waals surface area contributed by atoms with Gasteiger partial charge in [0.15, 0.2) is 9.92 Å². The third-order valence-electron chi connectivity index (χ3n) is 6.85. The Balaban J connectivity index is 1.45. The van der Waals surface area contributed by atoms with Gasteiger partial charge < -0.3 is 10.4 Å². The summed E-state index contributed by atoms with van der Waals surface area (Å²) in [5.41, 5.74) is 3.57. The van der Waals surface area contributed by atoms with Crippen molar-refractivity contribution in [1.29, 1.82) is 0 Å². The second-order valence-corrected chi connectivity index (χ2v) is 11.2. The van der Waals surface area contributed by atoms with Gasteiger partial charge in [-0.2, -0.15) is 0 Å². The molecule has 1 heterocycles. The lowest BCUT2D eigenvalue weighted by atomic mass is 9.82. The van der Waals surface area contributed by atoms with Crippen LogP contribution in [-0.4, -0.2) is 27.3 Å². The number of carbonyl (C=O) groups excluding carboxylic acids is 2. The summed E-state index contributed by atoms with van der Waals surface area (Å²) in [6.07, 6.45) is 8.64. The molecule has 3 N–H and O–H groups in total. The van der Waals surface area contributed by atoms with Crippen molar-refractivity contribution in [3.8, 4) is 0 Å². The lowest BCUT2D eigenvalue weighted by molar-refractivity contribution is 0.0784. The summed E-state index contributed by atoms with van der Waals surface area (Å²) in [6, 6.07) is 3.86. The Morgan fingerprint density at radius 3 is 2.84 bits per heavy atom. The first-order chi connectivity index (χ1) is 14.7. The lowest BCUT2D eigenvalue weighted by Gasteiger charge is -2.31. The minimum Gasteiger partial charge on any atom is -0.386 e. The summed E-state index contributed by atoms with van der Waals surface area (Å²) in [7, 11) is -3.42. The molecule has 31 heavy (non-hydrogen) atoms. The number of allylic oxidation sites excluding steroid dienone is 2. The van der Waals surface area contributed by atoms with E-state index in [0.29, 0.717) is 5.56 Å². The molecule has 1 aliphatic heterocycles. The number of benzene rings is 1. The van der Waals surface area contributed by atoms with Crippen LogP contribution >= 0.6 is 0 Å². The molecule has 0 aromatic heterocycles. The zero-order valence-electron chi connectivity index (χ0n) is 17.7. The number of nitrogens with one attached hydrogen (secondary N) is 2. The molecule has 3 aliphatic carbocycles. The summed E-state index contributed by atoms with van der Waals surface area (Å²) < 4.78 is 19.8. The Labute approximate surface area is 182 Å². The topological polar surface area (TPSA) is 108 Å². The monoisotopic (exact) mass is 441 g/mol. The first-order valence-corrected chi connectivity index (χ1v) is 12.4. The number of urea groups is 1. The van der Waals surface area contributed by atoms with Gasteiger partial charge in [0, 0.05) is 5.92 Å². The van der Waals surface area contributed by atoms with E-state index in [1.54, 1.807) is 19.9 Å². The van der Waals surface area contributed by atoms with Crippen LogP contribution in [-0.2, 0) is 15.5 Å². The third-order valence-corrected chi connectivity index (χ3v) is 8.69. The standard InChI is InChI=1S/C23H27N3O4S/c1-23(2,29)15-9-10-19-18(12-15)21(27)25-31(19,30)26-22(28)24-20-16-7-3-5-13(16)11-14-6-4-8-17(14)20/h9-12,16,20,29H,3-8H2,1-2H3,(H2,24,25,26,27,28,30). The van der Waals surface area contributed by atoms with Gasteiger partial charge in [-0.1, -0.05) is 17.7 Å². The van der Waals surface area contributed by atoms with Crippen LogP contribution in [0.2, 0.25) is 0 Å². The smallest absolute Gasteiger partial charge is 0.351 e. The number of hydrogen-bond donors (Lipinski definition) is 3. The zero-order valence-corrected chi connectivity index (χ0v) is 18.6. The quantitative estimate of drug-likeness (QED) is 0.650. The second-order valence-electron chi connectivity index (χ2n) is 9.37. The van der Waals surface area contributed by atoms with Crippen LogP contribution < -0.4 is 10.0 Å². The molecular formula is C23H27N3O4S. The maximum absolute atomic E-state index is 13.4. The Morgan fingerprint density at radius 1 is 1.26 bits per heavy atom. The minimum absolute atomic E-state index is 0.103. The number of amides is 3. The van der Waals surface area contributed by atoms with Crippen LogP contribution in [0.25, 0.3) is 0 Å². The van der Waals surface area contributed by atoms with Gasteiger partial charge in [-0.25, -0.2) is 9.00 Å². The van der Waals surface area contributed by atoms with Gasteiger partial charge in [-0.15, -0.1) is 4.36 Å². The number of aliphatic hydroxyl groups is 1. The Morgan fingerprint density at radius 2 is 2.06 bits per heavy atom. The fourth-order valence-corrected chi connectivity index (χ4v) is 6.94. The van der Waals surface area contributed by atoms with Crippen molar-refractivity contribution in [1.82, 2.24) is 10.0 Å². The Hall–Kier alpha value is -2.45. The van der Waals surface area contributed by atoms with Crippen LogP contribution in [0.3, 0.4) is 0 Å². The average molecular weight is 442 g/mol. The number of carbonyl (C=O) groups is 2. The molecule has 0 spiro atoms. The van der Waals surface area contributed by atoms with Gasteiger partial charge in [0.05, 0.1) is 22.1 Å². The van der Waals surface area contributed by atoms with E-state index in [1.807, 2.05) is 0 Å². The molecule has 8 heteroatoms. The van der Waals surface area contributed by atoms with Crippen molar-refractivity contribution in [2.75, 3.05) is 0 Å². The minimum atomic E-state index is -3.42. The Bertz CT molecular complexity index is 1180. The second kappa shape index (κ2) is 7.03. The summed E-state index contributed by atoms with van der Waals surface area (Å²) in [6.45, 7) is 3.22. The first-order valence-electron chi connectivity index (χ1n) is 10.8. The molecule has 1 saturated carbocycles. The first kappa shape index (κ1) is 20.5. The summed E-state index contributed by atoms with van der Waals surface area (Å²) in [5.74, 6) is -0.268. The summed E-state index contributed by atoms with van der Waals surface area (Å²) in [5, 5.41) is 13.2. The van der Waals surface area contributed by atoms with Crippen LogP contribution in [0.4, 0.5) is 4.79 Å². The highest BCUT2D eigenvalue weighted by molar-refractivity contribution is 7.93. The van der Waals surface area contributed by atoms with Crippen molar-refractivity contribution in [3.63, 3.8) is 0 Å². The van der Waals surface area contributed by atoms with E-state index in [9.17, 15) is 18.9 Å². The molecule has 7 nitrogen and oxygen atoms in total. The fourth-order valence-electron chi connectivity index (χ4n) is 5.33. The molecule has 4 aliphatic rings. The van der Waals surface area contributed by atoms with Gasteiger partial charge in [-0.3, -0.25) is 9.52 Å². The van der Waals surface area contributed by atoms with Crippen LogP contribution in [0.1, 0.15) is 68.3 Å². The SMILES string of the molecule is CC(C)(O)c1ccc2c(c1)C(=O)NS2(=O)=NC(=O)NC1C2=C(C=C3CCCC31)CCC2. The fraction of sp³-hybridized carbons (Fsp3) is 0.478. The molecule has 3 amide bonds. The largest absolute Gasteiger partial charge is 0.386 e. The molecule has 0 radical (unpaired) electrons. The van der Waals surface area contributed by atoms with E-state index in [-0.39, 0.29) is 22.4 Å². The van der Waals surface area contributed by atoms with Crippen molar-refractivity contribution in [2.45, 2.75) is 68.9 Å². The van der Waals surface area contributed by atoms with E-state index < -0.39 is 27.5 Å². The highest BCUT2D eigenvalue weighted by atomic mass is 32.2. The molecule has 3 unspecified atom stereocenters. The predicted octanol–water partition coefficient (Wildman–Crippen LogP) is 3.70. The van der Waals surface area contributed by atoms with Crippen molar-refractivity contribution in [2.24, 2.45) is 10.3 Å². The van der Waals surface area contributed by atoms with E-state index >= 15 is 0 Å². The number of rotatable bonds is 2. The van der Waals surface area contributed by atoms with E-state index in [2.05, 4.69) is 20.5 Å². The number of hydrogen-bond acceptors (Lipinski definition) is 4. The molecule has 0 saturated heterocycles. The molecule has 3 atom stereocenters. The molecule has 1 fully saturated rings. The average Bonchev–Trinajstić information content (AvgIpc) is 3.40. The van der Waals surface area contributed by atoms with Gasteiger partial charge in [0.2, 0.25) is 0 Å². The van der Waals surface area contributed by atoms with Crippen LogP contribution in [0.5, 0.6) is 0 Å². The van der Waals surface area contributed by atoms with Crippen LogP contribution in [0.15, 0.2) is 50.3 Å².